The second kappa shape index (κ2) is 13.0. The number of hydrogen-bond acceptors (Lipinski definition) is 2. The quantitative estimate of drug-likeness (QED) is 0.243. The predicted octanol–water partition coefficient (Wildman–Crippen LogP) is 2.65. The van der Waals surface area contributed by atoms with Crippen LogP contribution in [-0.4, -0.2) is 38.0 Å². The van der Waals surface area contributed by atoms with Gasteiger partial charge in [-0.25, -0.2) is 0 Å². The van der Waals surface area contributed by atoms with Crippen LogP contribution in [0.1, 0.15) is 58.8 Å². The van der Waals surface area contributed by atoms with Gasteiger partial charge >= 0.3 is 0 Å². The highest BCUT2D eigenvalue weighted by Crippen LogP contribution is 2.28. The van der Waals surface area contributed by atoms with E-state index in [2.05, 4.69) is 20.9 Å². The number of carbonyl (C=O) groups excluding carboxylic acids is 1. The summed E-state index contributed by atoms with van der Waals surface area (Å²) in [6.45, 7) is 5.50. The summed E-state index contributed by atoms with van der Waals surface area (Å²) in [4.78, 5) is 15.7. The monoisotopic (exact) mass is 424 g/mol. The highest BCUT2D eigenvalue weighted by Gasteiger charge is 2.14. The number of carbonyl (C=O) groups is 1. The van der Waals surface area contributed by atoms with Crippen molar-refractivity contribution in [3.05, 3.63) is 0 Å². The lowest BCUT2D eigenvalue weighted by Gasteiger charge is -2.13. The number of amides is 1. The fourth-order valence-corrected chi connectivity index (χ4v) is 2.81. The molecule has 0 radical (unpaired) electrons. The van der Waals surface area contributed by atoms with Gasteiger partial charge in [0.05, 0.1) is 0 Å². The molecule has 1 saturated carbocycles. The summed E-state index contributed by atoms with van der Waals surface area (Å²) >= 11 is 0. The minimum Gasteiger partial charge on any atom is -0.356 e. The lowest BCUT2D eigenvalue weighted by molar-refractivity contribution is -0.121. The van der Waals surface area contributed by atoms with Crippen molar-refractivity contribution in [3.63, 3.8) is 0 Å². The van der Waals surface area contributed by atoms with Crippen LogP contribution >= 0.6 is 24.0 Å². The second-order valence-electron chi connectivity index (χ2n) is 6.19. The van der Waals surface area contributed by atoms with E-state index in [1.165, 1.54) is 38.5 Å². The van der Waals surface area contributed by atoms with Gasteiger partial charge in [-0.15, -0.1) is 24.0 Å². The molecule has 1 fully saturated rings. The molecule has 0 aromatic heterocycles. The maximum atomic E-state index is 11.5. The molecule has 1 amide bonds. The zero-order chi connectivity index (χ0) is 15.5. The van der Waals surface area contributed by atoms with Gasteiger partial charge in [0.1, 0.15) is 0 Å². The van der Waals surface area contributed by atoms with Crippen molar-refractivity contribution in [3.8, 4) is 0 Å². The van der Waals surface area contributed by atoms with Crippen LogP contribution in [0.25, 0.3) is 0 Å². The van der Waals surface area contributed by atoms with E-state index >= 15 is 0 Å². The number of nitrogens with one attached hydrogen (secondary N) is 3. The van der Waals surface area contributed by atoms with Crippen molar-refractivity contribution >= 4 is 35.8 Å². The number of rotatable bonds is 8. The molecule has 130 valence electrons. The summed E-state index contributed by atoms with van der Waals surface area (Å²) in [5, 5.41) is 9.37. The Morgan fingerprint density at radius 1 is 1.18 bits per heavy atom. The molecular weight excluding hydrogens is 391 g/mol. The Hall–Kier alpha value is -0.530. The van der Waals surface area contributed by atoms with Crippen LogP contribution in [0.15, 0.2) is 4.99 Å². The average molecular weight is 424 g/mol. The van der Waals surface area contributed by atoms with E-state index in [0.717, 1.165) is 18.4 Å². The Labute approximate surface area is 152 Å². The number of hydrogen-bond donors (Lipinski definition) is 3. The molecule has 0 aromatic rings. The van der Waals surface area contributed by atoms with E-state index in [4.69, 9.17) is 0 Å². The SMILES string of the molecule is CN=C(NCCCC1CCCC1)NCCC(=O)NC(C)C.I. The average Bonchev–Trinajstić information content (AvgIpc) is 2.93. The van der Waals surface area contributed by atoms with Gasteiger partial charge in [0.2, 0.25) is 5.91 Å². The largest absolute Gasteiger partial charge is 0.356 e. The molecule has 1 aliphatic carbocycles. The van der Waals surface area contributed by atoms with Crippen molar-refractivity contribution in [2.75, 3.05) is 20.1 Å². The van der Waals surface area contributed by atoms with Crippen LogP contribution < -0.4 is 16.0 Å². The Morgan fingerprint density at radius 3 is 2.41 bits per heavy atom. The Morgan fingerprint density at radius 2 is 1.82 bits per heavy atom. The van der Waals surface area contributed by atoms with Crippen molar-refractivity contribution in [1.82, 2.24) is 16.0 Å². The normalized spacial score (nSPS) is 15.5. The van der Waals surface area contributed by atoms with Gasteiger partial charge in [0.25, 0.3) is 0 Å². The third kappa shape index (κ3) is 10.2. The van der Waals surface area contributed by atoms with Crippen LogP contribution in [0.2, 0.25) is 0 Å². The first-order chi connectivity index (χ1) is 10.1. The number of halogens is 1. The summed E-state index contributed by atoms with van der Waals surface area (Å²) < 4.78 is 0. The smallest absolute Gasteiger partial charge is 0.221 e. The van der Waals surface area contributed by atoms with Crippen LogP contribution in [0.4, 0.5) is 0 Å². The molecule has 1 rings (SSSR count). The molecule has 0 aromatic carbocycles. The maximum absolute atomic E-state index is 11.5. The first-order valence-corrected chi connectivity index (χ1v) is 8.35. The Balaban J connectivity index is 0.00000441. The molecule has 0 unspecified atom stereocenters. The second-order valence-corrected chi connectivity index (χ2v) is 6.19. The van der Waals surface area contributed by atoms with Gasteiger partial charge in [0, 0.05) is 32.6 Å². The molecule has 0 atom stereocenters. The van der Waals surface area contributed by atoms with Crippen molar-refractivity contribution < 1.29 is 4.79 Å². The van der Waals surface area contributed by atoms with Gasteiger partial charge in [-0.3, -0.25) is 9.79 Å². The summed E-state index contributed by atoms with van der Waals surface area (Å²) in [6.07, 6.45) is 8.65. The summed E-state index contributed by atoms with van der Waals surface area (Å²) in [5.41, 5.74) is 0. The minimum atomic E-state index is 0. The van der Waals surface area contributed by atoms with Gasteiger partial charge < -0.3 is 16.0 Å². The Kier molecular flexibility index (Phi) is 12.6. The lowest BCUT2D eigenvalue weighted by Crippen LogP contribution is -2.40. The van der Waals surface area contributed by atoms with Crippen molar-refractivity contribution in [1.29, 1.82) is 0 Å². The molecule has 0 heterocycles. The topological polar surface area (TPSA) is 65.5 Å². The van der Waals surface area contributed by atoms with E-state index in [-0.39, 0.29) is 35.9 Å². The first kappa shape index (κ1) is 21.5. The fourth-order valence-electron chi connectivity index (χ4n) is 2.81. The van der Waals surface area contributed by atoms with E-state index in [0.29, 0.717) is 13.0 Å². The summed E-state index contributed by atoms with van der Waals surface area (Å²) in [6, 6.07) is 0.200. The fraction of sp³-hybridized carbons (Fsp3) is 0.875. The molecule has 0 spiro atoms. The molecule has 1 aliphatic rings. The highest BCUT2D eigenvalue weighted by atomic mass is 127. The standard InChI is InChI=1S/C16H32N4O.HI/c1-13(2)20-15(21)10-12-19-16(17-3)18-11-6-9-14-7-4-5-8-14;/h13-14H,4-12H2,1-3H3,(H,20,21)(H2,17,18,19);1H. The van der Waals surface area contributed by atoms with Gasteiger partial charge in [0.15, 0.2) is 5.96 Å². The lowest BCUT2D eigenvalue weighted by atomic mass is 10.0. The number of nitrogens with zero attached hydrogens (tertiary/aromatic N) is 1. The predicted molar refractivity (Wildman–Crippen MR) is 104 cm³/mol. The molecule has 5 nitrogen and oxygen atoms in total. The van der Waals surface area contributed by atoms with Crippen LogP contribution in [-0.2, 0) is 4.79 Å². The maximum Gasteiger partial charge on any atom is 0.221 e. The Bertz CT molecular complexity index is 328. The molecule has 0 aliphatic heterocycles. The molecule has 0 bridgehead atoms. The van der Waals surface area contributed by atoms with E-state index in [1.54, 1.807) is 7.05 Å². The zero-order valence-electron chi connectivity index (χ0n) is 14.3. The van der Waals surface area contributed by atoms with Crippen molar-refractivity contribution in [2.24, 2.45) is 10.9 Å². The number of aliphatic imine (C=N–C) groups is 1. The van der Waals surface area contributed by atoms with Gasteiger partial charge in [-0.05, 0) is 32.6 Å². The van der Waals surface area contributed by atoms with Gasteiger partial charge in [-0.2, -0.15) is 0 Å². The van der Waals surface area contributed by atoms with Crippen LogP contribution in [0.3, 0.4) is 0 Å². The van der Waals surface area contributed by atoms with Crippen LogP contribution in [0.5, 0.6) is 0 Å². The van der Waals surface area contributed by atoms with Crippen LogP contribution in [0, 0.1) is 5.92 Å². The third-order valence-electron chi connectivity index (χ3n) is 3.87. The van der Waals surface area contributed by atoms with E-state index in [9.17, 15) is 4.79 Å². The van der Waals surface area contributed by atoms with Crippen molar-refractivity contribution in [2.45, 2.75) is 64.8 Å². The van der Waals surface area contributed by atoms with E-state index in [1.807, 2.05) is 13.8 Å². The van der Waals surface area contributed by atoms with E-state index < -0.39 is 0 Å². The molecule has 6 heteroatoms. The molecule has 0 saturated heterocycles. The van der Waals surface area contributed by atoms with Gasteiger partial charge in [-0.1, -0.05) is 25.7 Å². The molecule has 3 N–H and O–H groups in total. The minimum absolute atomic E-state index is 0. The summed E-state index contributed by atoms with van der Waals surface area (Å²) in [5.74, 6) is 1.81. The highest BCUT2D eigenvalue weighted by molar-refractivity contribution is 14.0. The number of guanidine groups is 1. The molecular formula is C16H33IN4O. The zero-order valence-corrected chi connectivity index (χ0v) is 16.6. The third-order valence-corrected chi connectivity index (χ3v) is 3.87. The summed E-state index contributed by atoms with van der Waals surface area (Å²) in [7, 11) is 1.76. The molecule has 22 heavy (non-hydrogen) atoms. The first-order valence-electron chi connectivity index (χ1n) is 8.35.